The molecule has 0 amide bonds. The summed E-state index contributed by atoms with van der Waals surface area (Å²) in [5.41, 5.74) is 0.229. The lowest BCUT2D eigenvalue weighted by Gasteiger charge is -2.05. The number of pyridine rings is 1. The van der Waals surface area contributed by atoms with E-state index >= 15 is 0 Å². The van der Waals surface area contributed by atoms with Crippen molar-refractivity contribution in [3.63, 3.8) is 0 Å². The SMILES string of the molecule is COc1ccc([N+](=O)[O-])c(C(=O)Cc2ccc(Cl)cn2)c1. The summed E-state index contributed by atoms with van der Waals surface area (Å²) in [6, 6.07) is 7.26. The fourth-order valence-electron chi connectivity index (χ4n) is 1.80. The molecule has 0 radical (unpaired) electrons. The molecule has 6 nitrogen and oxygen atoms in total. The zero-order valence-electron chi connectivity index (χ0n) is 11.1. The average Bonchev–Trinajstić information content (AvgIpc) is 2.48. The number of hydrogen-bond donors (Lipinski definition) is 0. The number of hydrogen-bond acceptors (Lipinski definition) is 5. The highest BCUT2D eigenvalue weighted by Crippen LogP contribution is 2.25. The Balaban J connectivity index is 2.33. The molecule has 0 aliphatic carbocycles. The number of benzene rings is 1. The Morgan fingerprint density at radius 2 is 2.14 bits per heavy atom. The van der Waals surface area contributed by atoms with Gasteiger partial charge in [0.2, 0.25) is 0 Å². The number of nitrogens with zero attached hydrogens (tertiary/aromatic N) is 2. The first kappa shape index (κ1) is 14.9. The van der Waals surface area contributed by atoms with E-state index < -0.39 is 10.7 Å². The van der Waals surface area contributed by atoms with Crippen molar-refractivity contribution >= 4 is 23.1 Å². The van der Waals surface area contributed by atoms with E-state index in [1.54, 1.807) is 12.1 Å². The van der Waals surface area contributed by atoms with Gasteiger partial charge in [-0.1, -0.05) is 11.6 Å². The summed E-state index contributed by atoms with van der Waals surface area (Å²) in [6.45, 7) is 0. The largest absolute Gasteiger partial charge is 0.497 e. The van der Waals surface area contributed by atoms with Crippen molar-refractivity contribution in [3.8, 4) is 5.75 Å². The van der Waals surface area contributed by atoms with Crippen LogP contribution in [0, 0.1) is 10.1 Å². The van der Waals surface area contributed by atoms with Crippen molar-refractivity contribution in [2.75, 3.05) is 7.11 Å². The van der Waals surface area contributed by atoms with E-state index in [9.17, 15) is 14.9 Å². The van der Waals surface area contributed by atoms with Crippen LogP contribution in [0.5, 0.6) is 5.75 Å². The lowest BCUT2D eigenvalue weighted by Crippen LogP contribution is -2.08. The molecule has 108 valence electrons. The van der Waals surface area contributed by atoms with Crippen LogP contribution in [0.3, 0.4) is 0 Å². The smallest absolute Gasteiger partial charge is 0.280 e. The molecule has 2 aromatic rings. The topological polar surface area (TPSA) is 82.3 Å². The number of nitro groups is 1. The van der Waals surface area contributed by atoms with E-state index in [0.29, 0.717) is 16.5 Å². The Morgan fingerprint density at radius 3 is 2.71 bits per heavy atom. The summed E-state index contributed by atoms with van der Waals surface area (Å²) in [5, 5.41) is 11.5. The van der Waals surface area contributed by atoms with Crippen LogP contribution in [0.15, 0.2) is 36.5 Å². The molecule has 21 heavy (non-hydrogen) atoms. The highest BCUT2D eigenvalue weighted by atomic mass is 35.5. The standard InChI is InChI=1S/C14H11ClN2O4/c1-21-11-4-5-13(17(19)20)12(7-11)14(18)6-10-3-2-9(15)8-16-10/h2-5,7-8H,6H2,1H3. The van der Waals surface area contributed by atoms with Gasteiger partial charge in [0, 0.05) is 18.0 Å². The highest BCUT2D eigenvalue weighted by molar-refractivity contribution is 6.30. The molecule has 0 saturated carbocycles. The molecule has 1 heterocycles. The third-order valence-corrected chi connectivity index (χ3v) is 3.05. The number of carbonyl (C=O) groups is 1. The Hall–Kier alpha value is -2.47. The second kappa shape index (κ2) is 6.32. The zero-order valence-corrected chi connectivity index (χ0v) is 11.8. The van der Waals surface area contributed by atoms with Crippen LogP contribution in [-0.2, 0) is 6.42 Å². The Kier molecular flexibility index (Phi) is 4.49. The first-order valence-electron chi connectivity index (χ1n) is 5.97. The van der Waals surface area contributed by atoms with E-state index in [1.807, 2.05) is 0 Å². The number of halogens is 1. The molecule has 0 aliphatic rings. The molecule has 0 N–H and O–H groups in total. The van der Waals surface area contributed by atoms with Gasteiger partial charge in [-0.2, -0.15) is 0 Å². The van der Waals surface area contributed by atoms with Gasteiger partial charge in [0.1, 0.15) is 5.75 Å². The Bertz CT molecular complexity index is 686. The molecule has 1 aromatic heterocycles. The molecular formula is C14H11ClN2O4. The summed E-state index contributed by atoms with van der Waals surface area (Å²) in [5.74, 6) is -0.0246. The van der Waals surface area contributed by atoms with Gasteiger partial charge in [-0.25, -0.2) is 0 Å². The monoisotopic (exact) mass is 306 g/mol. The van der Waals surface area contributed by atoms with E-state index in [2.05, 4.69) is 4.98 Å². The molecular weight excluding hydrogens is 296 g/mol. The summed E-state index contributed by atoms with van der Waals surface area (Å²) >= 11 is 5.72. The van der Waals surface area contributed by atoms with Gasteiger partial charge in [0.15, 0.2) is 5.78 Å². The van der Waals surface area contributed by atoms with Crippen molar-refractivity contribution < 1.29 is 14.5 Å². The van der Waals surface area contributed by atoms with Crippen LogP contribution in [0.25, 0.3) is 0 Å². The van der Waals surface area contributed by atoms with Crippen molar-refractivity contribution in [1.29, 1.82) is 0 Å². The van der Waals surface area contributed by atoms with Crippen molar-refractivity contribution in [3.05, 3.63) is 62.9 Å². The third-order valence-electron chi connectivity index (χ3n) is 2.83. The number of nitro benzene ring substituents is 1. The maximum atomic E-state index is 12.3. The molecule has 0 fully saturated rings. The number of methoxy groups -OCH3 is 1. The first-order valence-corrected chi connectivity index (χ1v) is 6.35. The van der Waals surface area contributed by atoms with Crippen LogP contribution in [0.2, 0.25) is 5.02 Å². The minimum atomic E-state index is -0.595. The summed E-state index contributed by atoms with van der Waals surface area (Å²) in [7, 11) is 1.43. The summed E-state index contributed by atoms with van der Waals surface area (Å²) in [6.07, 6.45) is 1.37. The van der Waals surface area contributed by atoms with Gasteiger partial charge < -0.3 is 4.74 Å². The minimum absolute atomic E-state index is 0.00361. The van der Waals surface area contributed by atoms with Crippen LogP contribution in [-0.4, -0.2) is 22.8 Å². The van der Waals surface area contributed by atoms with Crippen molar-refractivity contribution in [1.82, 2.24) is 4.98 Å². The molecule has 0 saturated heterocycles. The highest BCUT2D eigenvalue weighted by Gasteiger charge is 2.21. The van der Waals surface area contributed by atoms with Gasteiger partial charge in [-0.15, -0.1) is 0 Å². The minimum Gasteiger partial charge on any atom is -0.497 e. The van der Waals surface area contributed by atoms with Crippen LogP contribution in [0.4, 0.5) is 5.69 Å². The van der Waals surface area contributed by atoms with Gasteiger partial charge >= 0.3 is 0 Å². The number of rotatable bonds is 5. The fourth-order valence-corrected chi connectivity index (χ4v) is 1.91. The van der Waals surface area contributed by atoms with E-state index in [4.69, 9.17) is 16.3 Å². The fraction of sp³-hybridized carbons (Fsp3) is 0.143. The van der Waals surface area contributed by atoms with Crippen LogP contribution in [0.1, 0.15) is 16.1 Å². The normalized spacial score (nSPS) is 10.2. The molecule has 2 rings (SSSR count). The number of ether oxygens (including phenoxy) is 1. The summed E-state index contributed by atoms with van der Waals surface area (Å²) in [4.78, 5) is 26.7. The molecule has 0 atom stereocenters. The molecule has 1 aromatic carbocycles. The maximum absolute atomic E-state index is 12.3. The molecule has 7 heteroatoms. The maximum Gasteiger partial charge on any atom is 0.280 e. The molecule has 0 unspecified atom stereocenters. The Labute approximate surface area is 125 Å². The van der Waals surface area contributed by atoms with Gasteiger partial charge in [-0.3, -0.25) is 19.9 Å². The van der Waals surface area contributed by atoms with E-state index in [0.717, 1.165) is 0 Å². The number of ketones is 1. The predicted octanol–water partition coefficient (Wildman–Crippen LogP) is 3.08. The second-order valence-electron chi connectivity index (χ2n) is 4.21. The van der Waals surface area contributed by atoms with Crippen LogP contribution < -0.4 is 4.74 Å². The summed E-state index contributed by atoms with van der Waals surface area (Å²) < 4.78 is 5.00. The quantitative estimate of drug-likeness (QED) is 0.481. The van der Waals surface area contributed by atoms with E-state index in [-0.39, 0.29) is 17.7 Å². The lowest BCUT2D eigenvalue weighted by molar-refractivity contribution is -0.385. The molecule has 0 bridgehead atoms. The Morgan fingerprint density at radius 1 is 1.38 bits per heavy atom. The number of Topliss-reactive ketones (excluding diaryl/α,β-unsaturated/α-hetero) is 1. The lowest BCUT2D eigenvalue weighted by atomic mass is 10.0. The van der Waals surface area contributed by atoms with Crippen LogP contribution >= 0.6 is 11.6 Å². The average molecular weight is 307 g/mol. The van der Waals surface area contributed by atoms with Gasteiger partial charge in [0.05, 0.1) is 29.0 Å². The molecule has 0 spiro atoms. The predicted molar refractivity (Wildman–Crippen MR) is 76.9 cm³/mol. The number of carbonyl (C=O) groups excluding carboxylic acids is 1. The van der Waals surface area contributed by atoms with Crippen molar-refractivity contribution in [2.45, 2.75) is 6.42 Å². The third kappa shape index (κ3) is 3.55. The van der Waals surface area contributed by atoms with Crippen molar-refractivity contribution in [2.24, 2.45) is 0 Å². The van der Waals surface area contributed by atoms with Gasteiger partial charge in [0.25, 0.3) is 5.69 Å². The first-order chi connectivity index (χ1) is 10.0. The molecule has 0 aliphatic heterocycles. The van der Waals surface area contributed by atoms with E-state index in [1.165, 1.54) is 31.5 Å². The van der Waals surface area contributed by atoms with Gasteiger partial charge in [-0.05, 0) is 24.3 Å². The second-order valence-corrected chi connectivity index (χ2v) is 4.64. The number of aromatic nitrogens is 1. The zero-order chi connectivity index (χ0) is 15.4.